The third kappa shape index (κ3) is 3.43. The zero-order chi connectivity index (χ0) is 18.6. The van der Waals surface area contributed by atoms with E-state index in [4.69, 9.17) is 14.8 Å². The molecule has 134 valence electrons. The number of anilines is 1. The van der Waals surface area contributed by atoms with Gasteiger partial charge in [-0.3, -0.25) is 4.98 Å². The van der Waals surface area contributed by atoms with Crippen LogP contribution in [0.15, 0.2) is 67.0 Å². The molecule has 2 aromatic heterocycles. The minimum absolute atomic E-state index is 0.642. The molecule has 0 radical (unpaired) electrons. The second kappa shape index (κ2) is 7.39. The topological polar surface area (TPSA) is 69.2 Å². The summed E-state index contributed by atoms with van der Waals surface area (Å²) in [4.78, 5) is 23.4. The molecular weight excluding hydrogens is 340 g/mol. The number of pyridine rings is 1. The van der Waals surface area contributed by atoms with Crippen molar-refractivity contribution in [1.82, 2.24) is 15.0 Å². The van der Waals surface area contributed by atoms with Crippen LogP contribution in [0.1, 0.15) is 0 Å². The van der Waals surface area contributed by atoms with Crippen molar-refractivity contribution >= 4 is 16.7 Å². The number of nitrogens with one attached hydrogen (secondary N) is 1. The summed E-state index contributed by atoms with van der Waals surface area (Å²) < 4.78 is 0. The molecule has 1 N–H and O–H groups in total. The summed E-state index contributed by atoms with van der Waals surface area (Å²) in [5.41, 5.74) is 3.80. The Morgan fingerprint density at radius 2 is 1.74 bits per heavy atom. The predicted octanol–water partition coefficient (Wildman–Crippen LogP) is 4.34. The first-order valence-electron chi connectivity index (χ1n) is 8.49. The van der Waals surface area contributed by atoms with E-state index >= 15 is 0 Å². The number of fused-ring (bicyclic) bond motifs is 1. The summed E-state index contributed by atoms with van der Waals surface area (Å²) in [6.45, 7) is 0. The van der Waals surface area contributed by atoms with Crippen molar-refractivity contribution in [3.63, 3.8) is 0 Å². The molecule has 0 saturated heterocycles. The van der Waals surface area contributed by atoms with E-state index in [2.05, 4.69) is 21.4 Å². The van der Waals surface area contributed by atoms with Gasteiger partial charge in [0.05, 0.1) is 12.6 Å². The minimum Gasteiger partial charge on any atom is -0.373 e. The number of rotatable bonds is 5. The van der Waals surface area contributed by atoms with E-state index in [0.717, 1.165) is 33.4 Å². The molecule has 27 heavy (non-hydrogen) atoms. The van der Waals surface area contributed by atoms with Crippen LogP contribution in [0.3, 0.4) is 0 Å². The number of hydrogen-bond acceptors (Lipinski definition) is 6. The Morgan fingerprint density at radius 3 is 2.52 bits per heavy atom. The zero-order valence-electron chi connectivity index (χ0n) is 15.0. The number of nitrogens with zero attached hydrogens (tertiary/aromatic N) is 3. The van der Waals surface area contributed by atoms with Gasteiger partial charge in [0.25, 0.3) is 0 Å². The standard InChI is InChI=1S/C21H18N4O2/c1-22-21-18-12-15(14-5-3-7-17(11-14)27-26-2)8-9-19(18)24-20(25-21)16-6-4-10-23-13-16/h3-13H,1-2H3,(H,22,24,25). The average molecular weight is 358 g/mol. The summed E-state index contributed by atoms with van der Waals surface area (Å²) in [6.07, 6.45) is 3.49. The van der Waals surface area contributed by atoms with Gasteiger partial charge in [0.15, 0.2) is 11.6 Å². The van der Waals surface area contributed by atoms with Crippen LogP contribution in [0, 0.1) is 0 Å². The van der Waals surface area contributed by atoms with Crippen molar-refractivity contribution in [3.05, 3.63) is 67.0 Å². The third-order valence-corrected chi connectivity index (χ3v) is 4.20. The van der Waals surface area contributed by atoms with Gasteiger partial charge in [-0.25, -0.2) is 9.97 Å². The lowest BCUT2D eigenvalue weighted by Gasteiger charge is -2.10. The second-order valence-corrected chi connectivity index (χ2v) is 5.90. The van der Waals surface area contributed by atoms with Crippen LogP contribution < -0.4 is 10.2 Å². The molecule has 0 aliphatic carbocycles. The lowest BCUT2D eigenvalue weighted by atomic mass is 10.0. The normalized spacial score (nSPS) is 10.7. The van der Waals surface area contributed by atoms with Crippen LogP contribution in [0.25, 0.3) is 33.4 Å². The molecule has 0 fully saturated rings. The van der Waals surface area contributed by atoms with Crippen LogP contribution >= 0.6 is 0 Å². The van der Waals surface area contributed by atoms with Crippen molar-refractivity contribution < 1.29 is 9.78 Å². The first kappa shape index (κ1) is 16.9. The Balaban J connectivity index is 1.82. The summed E-state index contributed by atoms with van der Waals surface area (Å²) in [6, 6.07) is 17.6. The Kier molecular flexibility index (Phi) is 4.63. The van der Waals surface area contributed by atoms with Gasteiger partial charge < -0.3 is 10.2 Å². The maximum atomic E-state index is 5.12. The van der Waals surface area contributed by atoms with Gasteiger partial charge in [-0.1, -0.05) is 18.2 Å². The summed E-state index contributed by atoms with van der Waals surface area (Å²) in [5, 5.41) is 4.12. The Labute approximate surface area is 156 Å². The average Bonchev–Trinajstić information content (AvgIpc) is 2.73. The van der Waals surface area contributed by atoms with Crippen molar-refractivity contribution in [2.45, 2.75) is 0 Å². The fourth-order valence-corrected chi connectivity index (χ4v) is 2.95. The van der Waals surface area contributed by atoms with Gasteiger partial charge in [-0.2, -0.15) is 4.89 Å². The fraction of sp³-hybridized carbons (Fsp3) is 0.0952. The number of aromatic nitrogens is 3. The molecule has 2 heterocycles. The third-order valence-electron chi connectivity index (χ3n) is 4.20. The monoisotopic (exact) mass is 358 g/mol. The van der Waals surface area contributed by atoms with Crippen LogP contribution in [-0.2, 0) is 4.89 Å². The van der Waals surface area contributed by atoms with E-state index in [0.29, 0.717) is 11.6 Å². The van der Waals surface area contributed by atoms with Gasteiger partial charge in [0.1, 0.15) is 5.82 Å². The predicted molar refractivity (Wildman–Crippen MR) is 105 cm³/mol. The van der Waals surface area contributed by atoms with Crippen molar-refractivity contribution in [2.75, 3.05) is 19.5 Å². The summed E-state index contributed by atoms with van der Waals surface area (Å²) in [5.74, 6) is 2.06. The highest BCUT2D eigenvalue weighted by Gasteiger charge is 2.10. The summed E-state index contributed by atoms with van der Waals surface area (Å²) >= 11 is 0. The smallest absolute Gasteiger partial charge is 0.165 e. The van der Waals surface area contributed by atoms with Gasteiger partial charge in [-0.05, 0) is 47.5 Å². The van der Waals surface area contributed by atoms with E-state index in [-0.39, 0.29) is 0 Å². The molecule has 0 spiro atoms. The number of hydrogen-bond donors (Lipinski definition) is 1. The highest BCUT2D eigenvalue weighted by atomic mass is 17.2. The molecule has 0 atom stereocenters. The lowest BCUT2D eigenvalue weighted by Crippen LogP contribution is -1.99. The van der Waals surface area contributed by atoms with E-state index in [1.807, 2.05) is 55.6 Å². The lowest BCUT2D eigenvalue weighted by molar-refractivity contribution is -0.178. The first-order chi connectivity index (χ1) is 13.3. The van der Waals surface area contributed by atoms with E-state index in [1.54, 1.807) is 12.4 Å². The highest BCUT2D eigenvalue weighted by molar-refractivity contribution is 5.93. The molecule has 0 aliphatic rings. The van der Waals surface area contributed by atoms with Crippen LogP contribution in [0.5, 0.6) is 5.75 Å². The molecule has 0 amide bonds. The van der Waals surface area contributed by atoms with Gasteiger partial charge in [0, 0.05) is 30.4 Å². The molecule has 0 bridgehead atoms. The largest absolute Gasteiger partial charge is 0.373 e. The van der Waals surface area contributed by atoms with E-state index < -0.39 is 0 Å². The number of benzene rings is 2. The summed E-state index contributed by atoms with van der Waals surface area (Å²) in [7, 11) is 3.34. The molecule has 0 unspecified atom stereocenters. The van der Waals surface area contributed by atoms with E-state index in [9.17, 15) is 0 Å². The second-order valence-electron chi connectivity index (χ2n) is 5.90. The Hall–Kier alpha value is -3.51. The molecule has 4 rings (SSSR count). The maximum Gasteiger partial charge on any atom is 0.165 e. The molecule has 0 saturated carbocycles. The van der Waals surface area contributed by atoms with E-state index in [1.165, 1.54) is 7.11 Å². The molecular formula is C21H18N4O2. The van der Waals surface area contributed by atoms with Crippen LogP contribution in [-0.4, -0.2) is 29.1 Å². The van der Waals surface area contributed by atoms with Crippen molar-refractivity contribution in [1.29, 1.82) is 0 Å². The molecule has 6 nitrogen and oxygen atoms in total. The quantitative estimate of drug-likeness (QED) is 0.423. The van der Waals surface area contributed by atoms with Gasteiger partial charge in [-0.15, -0.1) is 0 Å². The van der Waals surface area contributed by atoms with Gasteiger partial charge >= 0.3 is 0 Å². The van der Waals surface area contributed by atoms with Crippen molar-refractivity contribution in [3.8, 4) is 28.3 Å². The van der Waals surface area contributed by atoms with Crippen LogP contribution in [0.4, 0.5) is 5.82 Å². The highest BCUT2D eigenvalue weighted by Crippen LogP contribution is 2.30. The zero-order valence-corrected chi connectivity index (χ0v) is 15.0. The maximum absolute atomic E-state index is 5.12. The SMILES string of the molecule is CNc1nc(-c2cccnc2)nc2ccc(-c3cccc(OOC)c3)cc12. The first-order valence-corrected chi connectivity index (χ1v) is 8.49. The Bertz CT molecular complexity index is 1080. The molecule has 2 aromatic carbocycles. The van der Waals surface area contributed by atoms with Crippen LogP contribution in [0.2, 0.25) is 0 Å². The minimum atomic E-state index is 0.642. The fourth-order valence-electron chi connectivity index (χ4n) is 2.95. The molecule has 6 heteroatoms. The molecule has 4 aromatic rings. The Morgan fingerprint density at radius 1 is 0.889 bits per heavy atom. The molecule has 0 aliphatic heterocycles. The van der Waals surface area contributed by atoms with Crippen molar-refractivity contribution in [2.24, 2.45) is 0 Å². The van der Waals surface area contributed by atoms with Gasteiger partial charge in [0.2, 0.25) is 0 Å².